The Kier molecular flexibility index (Phi) is 5.59. The number of ether oxygens (including phenoxy) is 1. The summed E-state index contributed by atoms with van der Waals surface area (Å²) in [5.41, 5.74) is 1.34. The molecular formula is C21H22O5S2. The molecule has 3 rings (SSSR count). The monoisotopic (exact) mass is 418 g/mol. The van der Waals surface area contributed by atoms with E-state index in [4.69, 9.17) is 4.74 Å². The number of benzene rings is 1. The molecule has 1 aliphatic carbocycles. The van der Waals surface area contributed by atoms with Gasteiger partial charge < -0.3 is 4.74 Å². The molecule has 0 atom stereocenters. The summed E-state index contributed by atoms with van der Waals surface area (Å²) in [6.45, 7) is 3.93. The van der Waals surface area contributed by atoms with E-state index < -0.39 is 15.8 Å². The predicted octanol–water partition coefficient (Wildman–Crippen LogP) is 4.18. The van der Waals surface area contributed by atoms with Crippen LogP contribution in [0.25, 0.3) is 6.08 Å². The highest BCUT2D eigenvalue weighted by Gasteiger charge is 2.39. The summed E-state index contributed by atoms with van der Waals surface area (Å²) < 4.78 is 29.6. The van der Waals surface area contributed by atoms with Crippen LogP contribution in [-0.2, 0) is 21.0 Å². The lowest BCUT2D eigenvalue weighted by atomic mass is 9.74. The zero-order chi connectivity index (χ0) is 20.5. The van der Waals surface area contributed by atoms with Crippen molar-refractivity contribution in [3.05, 3.63) is 58.0 Å². The molecule has 7 heteroatoms. The van der Waals surface area contributed by atoms with Crippen molar-refractivity contribution < 1.29 is 22.7 Å². The first-order valence-electron chi connectivity index (χ1n) is 8.86. The van der Waals surface area contributed by atoms with Crippen LogP contribution in [0.15, 0.2) is 40.6 Å². The average Bonchev–Trinajstić information content (AvgIpc) is 2.98. The van der Waals surface area contributed by atoms with Gasteiger partial charge in [-0.25, -0.2) is 13.2 Å². The molecule has 0 spiro atoms. The number of hydrogen-bond acceptors (Lipinski definition) is 6. The largest absolute Gasteiger partial charge is 0.457 e. The Balaban J connectivity index is 1.86. The molecular weight excluding hydrogens is 396 g/mol. The Morgan fingerprint density at radius 2 is 1.89 bits per heavy atom. The lowest BCUT2D eigenvalue weighted by Crippen LogP contribution is -2.28. The van der Waals surface area contributed by atoms with Crippen LogP contribution in [0, 0.1) is 5.41 Å². The summed E-state index contributed by atoms with van der Waals surface area (Å²) in [5, 5.41) is 0. The van der Waals surface area contributed by atoms with Gasteiger partial charge in [0, 0.05) is 12.7 Å². The topological polar surface area (TPSA) is 77.5 Å². The zero-order valence-corrected chi connectivity index (χ0v) is 17.7. The number of fused-ring (bicyclic) bond motifs is 1. The Labute approximate surface area is 169 Å². The summed E-state index contributed by atoms with van der Waals surface area (Å²) in [6, 6.07) is 9.60. The Morgan fingerprint density at radius 1 is 1.21 bits per heavy atom. The van der Waals surface area contributed by atoms with E-state index in [0.717, 1.165) is 23.2 Å². The molecule has 0 unspecified atom stereocenters. The third-order valence-electron chi connectivity index (χ3n) is 4.49. The number of carbonyl (C=O) groups excluding carboxylic acids is 2. The molecule has 28 heavy (non-hydrogen) atoms. The van der Waals surface area contributed by atoms with Crippen molar-refractivity contribution in [2.24, 2.45) is 5.41 Å². The van der Waals surface area contributed by atoms with Gasteiger partial charge in [0.15, 0.2) is 15.6 Å². The molecule has 148 valence electrons. The predicted molar refractivity (Wildman–Crippen MR) is 110 cm³/mol. The number of thiophene rings is 1. The summed E-state index contributed by atoms with van der Waals surface area (Å²) in [5.74, 6) is -0.828. The summed E-state index contributed by atoms with van der Waals surface area (Å²) >= 11 is 0.842. The fraction of sp³-hybridized carbons (Fsp3) is 0.333. The van der Waals surface area contributed by atoms with Gasteiger partial charge >= 0.3 is 5.97 Å². The van der Waals surface area contributed by atoms with E-state index in [9.17, 15) is 18.0 Å². The number of ketones is 1. The number of carbonyl (C=O) groups is 2. The van der Waals surface area contributed by atoms with Gasteiger partial charge in [-0.2, -0.15) is 0 Å². The number of hydrogen-bond donors (Lipinski definition) is 0. The Hall–Kier alpha value is -2.25. The third-order valence-corrected chi connectivity index (χ3v) is 7.53. The molecule has 0 fully saturated rings. The zero-order valence-electron chi connectivity index (χ0n) is 16.0. The van der Waals surface area contributed by atoms with Crippen molar-refractivity contribution in [1.82, 2.24) is 0 Å². The minimum absolute atomic E-state index is 0.0326. The molecule has 0 N–H and O–H groups in total. The first kappa shape index (κ1) is 20.5. The molecule has 1 heterocycles. The molecule has 0 saturated carbocycles. The molecule has 1 aliphatic rings. The van der Waals surface area contributed by atoms with Crippen LogP contribution in [0.3, 0.4) is 0 Å². The normalized spacial score (nSPS) is 16.2. The van der Waals surface area contributed by atoms with Crippen LogP contribution in [0.5, 0.6) is 0 Å². The van der Waals surface area contributed by atoms with Crippen molar-refractivity contribution in [3.8, 4) is 0 Å². The maximum Gasteiger partial charge on any atom is 0.348 e. The van der Waals surface area contributed by atoms with Gasteiger partial charge in [0.2, 0.25) is 0 Å². The Bertz CT molecular complexity index is 1040. The van der Waals surface area contributed by atoms with Gasteiger partial charge in [-0.05, 0) is 29.0 Å². The maximum absolute atomic E-state index is 12.6. The lowest BCUT2D eigenvalue weighted by molar-refractivity contribution is 0.0554. The maximum atomic E-state index is 12.6. The molecule has 0 aliphatic heterocycles. The van der Waals surface area contributed by atoms with Crippen LogP contribution in [-0.4, -0.2) is 33.0 Å². The van der Waals surface area contributed by atoms with Crippen LogP contribution < -0.4 is 0 Å². The molecule has 5 nitrogen and oxygen atoms in total. The van der Waals surface area contributed by atoms with Crippen molar-refractivity contribution >= 4 is 39.0 Å². The fourth-order valence-corrected chi connectivity index (χ4v) is 5.75. The molecule has 0 bridgehead atoms. The molecule has 2 aromatic rings. The van der Waals surface area contributed by atoms with Crippen molar-refractivity contribution in [2.75, 3.05) is 12.9 Å². The highest BCUT2D eigenvalue weighted by molar-refractivity contribution is 7.92. The number of esters is 1. The number of rotatable bonds is 5. The van der Waals surface area contributed by atoms with Gasteiger partial charge in [-0.3, -0.25) is 4.79 Å². The van der Waals surface area contributed by atoms with E-state index in [2.05, 4.69) is 0 Å². The number of Topliss-reactive ketones (excluding diaryl/α,β-unsaturated/α-hetero) is 1. The first-order chi connectivity index (χ1) is 13.1. The van der Waals surface area contributed by atoms with Gasteiger partial charge in [0.25, 0.3) is 0 Å². The summed E-state index contributed by atoms with van der Waals surface area (Å²) in [6.07, 6.45) is 5.34. The molecule has 0 radical (unpaired) electrons. The smallest absolute Gasteiger partial charge is 0.348 e. The SMILES string of the molecule is CC1(C)CC(=O)c2c(S(C)(=O)=O)sc(C(=O)OCC=Cc3ccccc3)c2C1. The minimum atomic E-state index is -3.61. The van der Waals surface area contributed by atoms with Crippen LogP contribution in [0.1, 0.15) is 51.4 Å². The van der Waals surface area contributed by atoms with E-state index in [1.807, 2.05) is 50.3 Å². The molecule has 0 amide bonds. The van der Waals surface area contributed by atoms with Gasteiger partial charge in [0.05, 0.1) is 5.56 Å². The van der Waals surface area contributed by atoms with Crippen LogP contribution in [0.4, 0.5) is 0 Å². The molecule has 0 saturated heterocycles. The third kappa shape index (κ3) is 4.42. The van der Waals surface area contributed by atoms with E-state index in [-0.39, 0.29) is 38.9 Å². The van der Waals surface area contributed by atoms with E-state index in [0.29, 0.717) is 12.0 Å². The summed E-state index contributed by atoms with van der Waals surface area (Å²) in [7, 11) is -3.61. The molecule has 1 aromatic heterocycles. The quantitative estimate of drug-likeness (QED) is 0.681. The highest BCUT2D eigenvalue weighted by Crippen LogP contribution is 2.43. The van der Waals surface area contributed by atoms with Crippen molar-refractivity contribution in [2.45, 2.75) is 30.9 Å². The van der Waals surface area contributed by atoms with E-state index in [1.54, 1.807) is 6.08 Å². The summed E-state index contributed by atoms with van der Waals surface area (Å²) in [4.78, 5) is 25.4. The van der Waals surface area contributed by atoms with Gasteiger partial charge in [-0.15, -0.1) is 11.3 Å². The minimum Gasteiger partial charge on any atom is -0.457 e. The second-order valence-electron chi connectivity index (χ2n) is 7.70. The van der Waals surface area contributed by atoms with Gasteiger partial charge in [0.1, 0.15) is 15.7 Å². The average molecular weight is 419 g/mol. The second-order valence-corrected chi connectivity index (χ2v) is 10.9. The molecule has 1 aromatic carbocycles. The highest BCUT2D eigenvalue weighted by atomic mass is 32.2. The van der Waals surface area contributed by atoms with Crippen LogP contribution in [0.2, 0.25) is 0 Å². The van der Waals surface area contributed by atoms with E-state index in [1.165, 1.54) is 0 Å². The second kappa shape index (κ2) is 7.64. The number of sulfone groups is 1. The first-order valence-corrected chi connectivity index (χ1v) is 11.6. The van der Waals surface area contributed by atoms with Crippen molar-refractivity contribution in [1.29, 1.82) is 0 Å². The van der Waals surface area contributed by atoms with E-state index >= 15 is 0 Å². The fourth-order valence-electron chi connectivity index (χ4n) is 3.32. The van der Waals surface area contributed by atoms with Crippen molar-refractivity contribution in [3.63, 3.8) is 0 Å². The standard InChI is InChI=1S/C21H22O5S2/c1-21(2)12-15-17(16(22)13-21)20(28(3,24)25)27-18(15)19(23)26-11-7-10-14-8-5-4-6-9-14/h4-10H,11-13H2,1-3H3. The lowest BCUT2D eigenvalue weighted by Gasteiger charge is -2.29. The van der Waals surface area contributed by atoms with Crippen LogP contribution >= 0.6 is 11.3 Å². The van der Waals surface area contributed by atoms with Gasteiger partial charge in [-0.1, -0.05) is 50.3 Å². The Morgan fingerprint density at radius 3 is 2.54 bits per heavy atom.